The SMILES string of the molecule is CCCCN(C(=O)[C@H]1COc2ccccc2O1)c1c(N)n(CCC)c(=O)[nH]c1=O. The zero-order valence-electron chi connectivity index (χ0n) is 16.6. The molecule has 0 bridgehead atoms. The maximum absolute atomic E-state index is 13.3. The number of nitrogens with zero attached hydrogens (tertiary/aromatic N) is 2. The summed E-state index contributed by atoms with van der Waals surface area (Å²) in [5.41, 5.74) is 4.85. The van der Waals surface area contributed by atoms with Gasteiger partial charge in [-0.15, -0.1) is 0 Å². The summed E-state index contributed by atoms with van der Waals surface area (Å²) < 4.78 is 12.7. The number of nitrogens with one attached hydrogen (secondary N) is 1. The van der Waals surface area contributed by atoms with Gasteiger partial charge in [0.2, 0.25) is 6.10 Å². The Kier molecular flexibility index (Phi) is 6.26. The van der Waals surface area contributed by atoms with Gasteiger partial charge in [0, 0.05) is 13.1 Å². The number of para-hydroxylation sites is 2. The standard InChI is InChI=1S/C20H26N4O5/c1-3-5-11-23(16-17(21)24(10-4-2)20(27)22-18(16)25)19(26)15-12-28-13-8-6-7-9-14(13)29-15/h6-9,15H,3-5,10-12,21H2,1-2H3,(H,22,25,27)/t15-/m1/s1. The van der Waals surface area contributed by atoms with Crippen molar-refractivity contribution in [3.63, 3.8) is 0 Å². The van der Waals surface area contributed by atoms with E-state index in [-0.39, 0.29) is 24.7 Å². The fourth-order valence-electron chi connectivity index (χ4n) is 3.25. The molecule has 2 heterocycles. The first kappa shape index (κ1) is 20.5. The topological polar surface area (TPSA) is 120 Å². The van der Waals surface area contributed by atoms with E-state index in [9.17, 15) is 14.4 Å². The van der Waals surface area contributed by atoms with Crippen molar-refractivity contribution in [3.05, 3.63) is 45.1 Å². The summed E-state index contributed by atoms with van der Waals surface area (Å²) in [5, 5.41) is 0. The van der Waals surface area contributed by atoms with Crippen molar-refractivity contribution >= 4 is 17.4 Å². The maximum Gasteiger partial charge on any atom is 0.330 e. The summed E-state index contributed by atoms with van der Waals surface area (Å²) in [4.78, 5) is 41.6. The Bertz CT molecular complexity index is 997. The first-order chi connectivity index (χ1) is 14.0. The Morgan fingerprint density at radius 3 is 2.66 bits per heavy atom. The van der Waals surface area contributed by atoms with Crippen LogP contribution in [0.3, 0.4) is 0 Å². The van der Waals surface area contributed by atoms with Crippen LogP contribution in [0.5, 0.6) is 11.5 Å². The Hall–Kier alpha value is -3.23. The van der Waals surface area contributed by atoms with Gasteiger partial charge in [-0.25, -0.2) is 4.79 Å². The lowest BCUT2D eigenvalue weighted by atomic mass is 10.2. The Balaban J connectivity index is 1.99. The van der Waals surface area contributed by atoms with Crippen LogP contribution in [-0.4, -0.2) is 34.7 Å². The number of hydrogen-bond donors (Lipinski definition) is 2. The molecule has 1 aromatic carbocycles. The van der Waals surface area contributed by atoms with Gasteiger partial charge in [0.25, 0.3) is 11.5 Å². The zero-order valence-corrected chi connectivity index (χ0v) is 16.6. The third-order valence-electron chi connectivity index (χ3n) is 4.72. The maximum atomic E-state index is 13.3. The highest BCUT2D eigenvalue weighted by molar-refractivity contribution is 5.98. The molecule has 0 unspecified atom stereocenters. The number of hydrogen-bond acceptors (Lipinski definition) is 6. The van der Waals surface area contributed by atoms with Crippen molar-refractivity contribution < 1.29 is 14.3 Å². The van der Waals surface area contributed by atoms with Crippen LogP contribution in [0, 0.1) is 0 Å². The summed E-state index contributed by atoms with van der Waals surface area (Å²) in [6.07, 6.45) is 1.18. The Labute approximate surface area is 168 Å². The second kappa shape index (κ2) is 8.85. The monoisotopic (exact) mass is 402 g/mol. The molecule has 9 nitrogen and oxygen atoms in total. The van der Waals surface area contributed by atoms with Crippen molar-refractivity contribution in [2.45, 2.75) is 45.8 Å². The molecule has 0 spiro atoms. The average molecular weight is 402 g/mol. The molecular weight excluding hydrogens is 376 g/mol. The van der Waals surface area contributed by atoms with E-state index in [0.717, 1.165) is 6.42 Å². The number of amides is 1. The molecule has 1 aromatic heterocycles. The van der Waals surface area contributed by atoms with Crippen LogP contribution < -0.4 is 31.4 Å². The number of benzene rings is 1. The first-order valence-corrected chi connectivity index (χ1v) is 9.80. The normalized spacial score (nSPS) is 15.2. The molecule has 2 aromatic rings. The molecule has 29 heavy (non-hydrogen) atoms. The molecule has 0 fully saturated rings. The van der Waals surface area contributed by atoms with Crippen LogP contribution in [0.15, 0.2) is 33.9 Å². The van der Waals surface area contributed by atoms with Gasteiger partial charge in [-0.05, 0) is 25.0 Å². The molecule has 3 N–H and O–H groups in total. The molecular formula is C20H26N4O5. The van der Waals surface area contributed by atoms with Crippen LogP contribution in [0.4, 0.5) is 11.5 Å². The van der Waals surface area contributed by atoms with Gasteiger partial charge in [-0.1, -0.05) is 32.4 Å². The summed E-state index contributed by atoms with van der Waals surface area (Å²) >= 11 is 0. The van der Waals surface area contributed by atoms with Crippen molar-refractivity contribution in [1.82, 2.24) is 9.55 Å². The highest BCUT2D eigenvalue weighted by Gasteiger charge is 2.34. The van der Waals surface area contributed by atoms with Crippen molar-refractivity contribution in [2.75, 3.05) is 23.8 Å². The van der Waals surface area contributed by atoms with Gasteiger partial charge in [0.1, 0.15) is 12.4 Å². The van der Waals surface area contributed by atoms with E-state index in [1.165, 1.54) is 9.47 Å². The fraction of sp³-hybridized carbons (Fsp3) is 0.450. The minimum absolute atomic E-state index is 0.0187. The van der Waals surface area contributed by atoms with E-state index in [1.807, 2.05) is 19.9 Å². The van der Waals surface area contributed by atoms with E-state index in [0.29, 0.717) is 30.9 Å². The molecule has 1 amide bonds. The minimum Gasteiger partial charge on any atom is -0.485 e. The molecule has 0 saturated heterocycles. The largest absolute Gasteiger partial charge is 0.485 e. The molecule has 0 saturated carbocycles. The van der Waals surface area contributed by atoms with Gasteiger partial charge in [-0.3, -0.25) is 19.1 Å². The number of fused-ring (bicyclic) bond motifs is 1. The number of anilines is 2. The lowest BCUT2D eigenvalue weighted by Gasteiger charge is -2.31. The molecule has 0 aliphatic carbocycles. The van der Waals surface area contributed by atoms with Gasteiger partial charge < -0.3 is 20.1 Å². The van der Waals surface area contributed by atoms with E-state index in [2.05, 4.69) is 4.98 Å². The highest BCUT2D eigenvalue weighted by Crippen LogP contribution is 2.32. The number of nitrogen functional groups attached to an aromatic ring is 1. The predicted octanol–water partition coefficient (Wildman–Crippen LogP) is 1.50. The number of aromatic nitrogens is 2. The molecule has 1 aliphatic rings. The van der Waals surface area contributed by atoms with E-state index < -0.39 is 23.3 Å². The molecule has 9 heteroatoms. The average Bonchev–Trinajstić information content (AvgIpc) is 2.72. The number of nitrogens with two attached hydrogens (primary N) is 1. The number of H-pyrrole nitrogens is 1. The van der Waals surface area contributed by atoms with Crippen LogP contribution in [-0.2, 0) is 11.3 Å². The molecule has 156 valence electrons. The summed E-state index contributed by atoms with van der Waals surface area (Å²) in [7, 11) is 0. The van der Waals surface area contributed by atoms with E-state index in [1.54, 1.807) is 18.2 Å². The van der Waals surface area contributed by atoms with Crippen LogP contribution >= 0.6 is 0 Å². The fourth-order valence-corrected chi connectivity index (χ4v) is 3.25. The van der Waals surface area contributed by atoms with Crippen LogP contribution in [0.25, 0.3) is 0 Å². The number of unbranched alkanes of at least 4 members (excludes halogenated alkanes) is 1. The Morgan fingerprint density at radius 1 is 1.24 bits per heavy atom. The minimum atomic E-state index is -0.924. The quantitative estimate of drug-likeness (QED) is 0.724. The summed E-state index contributed by atoms with van der Waals surface area (Å²) in [6, 6.07) is 7.07. The summed E-state index contributed by atoms with van der Waals surface area (Å²) in [5.74, 6) is 0.560. The third-order valence-corrected chi connectivity index (χ3v) is 4.72. The molecule has 0 radical (unpaired) electrons. The number of rotatable bonds is 7. The van der Waals surface area contributed by atoms with Gasteiger partial charge >= 0.3 is 5.69 Å². The number of carbonyl (C=O) groups is 1. The first-order valence-electron chi connectivity index (χ1n) is 9.80. The predicted molar refractivity (Wildman–Crippen MR) is 110 cm³/mol. The number of carbonyl (C=O) groups excluding carboxylic acids is 1. The second-order valence-corrected chi connectivity index (χ2v) is 6.85. The lowest BCUT2D eigenvalue weighted by Crippen LogP contribution is -2.49. The molecule has 1 atom stereocenters. The Morgan fingerprint density at radius 2 is 1.97 bits per heavy atom. The molecule has 1 aliphatic heterocycles. The summed E-state index contributed by atoms with van der Waals surface area (Å²) in [6.45, 7) is 4.49. The van der Waals surface area contributed by atoms with Gasteiger partial charge in [0.15, 0.2) is 17.2 Å². The van der Waals surface area contributed by atoms with E-state index in [4.69, 9.17) is 15.2 Å². The van der Waals surface area contributed by atoms with Crippen molar-refractivity contribution in [1.29, 1.82) is 0 Å². The van der Waals surface area contributed by atoms with Gasteiger partial charge in [-0.2, -0.15) is 0 Å². The lowest BCUT2D eigenvalue weighted by molar-refractivity contribution is -0.127. The smallest absolute Gasteiger partial charge is 0.330 e. The van der Waals surface area contributed by atoms with E-state index >= 15 is 0 Å². The van der Waals surface area contributed by atoms with Crippen LogP contribution in [0.1, 0.15) is 33.1 Å². The second-order valence-electron chi connectivity index (χ2n) is 6.85. The number of aromatic amines is 1. The number of ether oxygens (including phenoxy) is 2. The van der Waals surface area contributed by atoms with Crippen molar-refractivity contribution in [3.8, 4) is 11.5 Å². The van der Waals surface area contributed by atoms with Crippen LogP contribution in [0.2, 0.25) is 0 Å². The zero-order chi connectivity index (χ0) is 21.0. The highest BCUT2D eigenvalue weighted by atomic mass is 16.6. The molecule has 3 rings (SSSR count). The van der Waals surface area contributed by atoms with Gasteiger partial charge in [0.05, 0.1) is 0 Å². The third kappa shape index (κ3) is 4.13. The van der Waals surface area contributed by atoms with Crippen molar-refractivity contribution in [2.24, 2.45) is 0 Å².